The van der Waals surface area contributed by atoms with Crippen molar-refractivity contribution in [2.75, 3.05) is 13.1 Å². The Bertz CT molecular complexity index is 693. The highest BCUT2D eigenvalue weighted by atomic mass is 16.5. The Hall–Kier alpha value is -2.61. The van der Waals surface area contributed by atoms with E-state index in [0.29, 0.717) is 19.0 Å². The molecule has 5 nitrogen and oxygen atoms in total. The second kappa shape index (κ2) is 8.48. The quantitative estimate of drug-likeness (QED) is 0.468. The van der Waals surface area contributed by atoms with Crippen LogP contribution < -0.4 is 0 Å². The van der Waals surface area contributed by atoms with Gasteiger partial charge in [0.15, 0.2) is 6.10 Å². The molecule has 0 aliphatic carbocycles. The van der Waals surface area contributed by atoms with E-state index in [0.717, 1.165) is 18.4 Å². The molecule has 132 valence electrons. The van der Waals surface area contributed by atoms with Crippen molar-refractivity contribution in [3.8, 4) is 6.07 Å². The Morgan fingerprint density at radius 3 is 2.28 bits per heavy atom. The first-order valence-corrected chi connectivity index (χ1v) is 8.64. The molecule has 1 heterocycles. The first-order chi connectivity index (χ1) is 11.9. The lowest BCUT2D eigenvalue weighted by atomic mass is 10.0. The van der Waals surface area contributed by atoms with E-state index in [1.165, 1.54) is 11.6 Å². The summed E-state index contributed by atoms with van der Waals surface area (Å²) in [6.45, 7) is 7.14. The van der Waals surface area contributed by atoms with Crippen LogP contribution in [0.3, 0.4) is 0 Å². The number of nitriles is 1. The van der Waals surface area contributed by atoms with Crippen LogP contribution in [-0.4, -0.2) is 36.0 Å². The van der Waals surface area contributed by atoms with Gasteiger partial charge in [0.05, 0.1) is 0 Å². The van der Waals surface area contributed by atoms with E-state index in [9.17, 15) is 14.9 Å². The predicted molar refractivity (Wildman–Crippen MR) is 95.5 cm³/mol. The Kier molecular flexibility index (Phi) is 6.35. The molecule has 1 saturated heterocycles. The fourth-order valence-corrected chi connectivity index (χ4v) is 2.75. The molecule has 0 saturated carbocycles. The van der Waals surface area contributed by atoms with E-state index >= 15 is 0 Å². The number of nitrogens with zero attached hydrogens (tertiary/aromatic N) is 2. The van der Waals surface area contributed by atoms with Crippen LogP contribution in [0.5, 0.6) is 0 Å². The molecule has 25 heavy (non-hydrogen) atoms. The zero-order valence-corrected chi connectivity index (χ0v) is 15.0. The number of benzene rings is 1. The topological polar surface area (TPSA) is 70.4 Å². The summed E-state index contributed by atoms with van der Waals surface area (Å²) in [6.07, 6.45) is 2.55. The fraction of sp³-hybridized carbons (Fsp3) is 0.450. The monoisotopic (exact) mass is 340 g/mol. The smallest absolute Gasteiger partial charge is 0.349 e. The number of rotatable bonds is 5. The minimum absolute atomic E-state index is 0.113. The number of esters is 1. The van der Waals surface area contributed by atoms with E-state index in [2.05, 4.69) is 13.8 Å². The molecular weight excluding hydrogens is 316 g/mol. The van der Waals surface area contributed by atoms with E-state index in [1.54, 1.807) is 11.8 Å². The van der Waals surface area contributed by atoms with Gasteiger partial charge in [-0.15, -0.1) is 0 Å². The maximum atomic E-state index is 12.2. The van der Waals surface area contributed by atoms with E-state index in [1.807, 2.05) is 30.3 Å². The van der Waals surface area contributed by atoms with Crippen LogP contribution in [0.2, 0.25) is 0 Å². The third kappa shape index (κ3) is 4.93. The molecule has 0 spiro atoms. The molecule has 1 aliphatic heterocycles. The van der Waals surface area contributed by atoms with Crippen molar-refractivity contribution in [3.05, 3.63) is 41.0 Å². The van der Waals surface area contributed by atoms with Crippen LogP contribution >= 0.6 is 0 Å². The molecule has 0 N–H and O–H groups in total. The normalized spacial score (nSPS) is 15.8. The first-order valence-electron chi connectivity index (χ1n) is 8.64. The van der Waals surface area contributed by atoms with Gasteiger partial charge in [-0.1, -0.05) is 38.1 Å². The Morgan fingerprint density at radius 1 is 1.16 bits per heavy atom. The highest BCUT2D eigenvalue weighted by Gasteiger charge is 2.26. The first kappa shape index (κ1) is 18.7. The van der Waals surface area contributed by atoms with Gasteiger partial charge < -0.3 is 9.64 Å². The van der Waals surface area contributed by atoms with Gasteiger partial charge in [-0.2, -0.15) is 5.26 Å². The summed E-state index contributed by atoms with van der Waals surface area (Å²) >= 11 is 0. The number of hydrogen-bond acceptors (Lipinski definition) is 4. The molecular formula is C20H24N2O3. The zero-order valence-electron chi connectivity index (χ0n) is 15.0. The van der Waals surface area contributed by atoms with Crippen LogP contribution in [-0.2, 0) is 14.3 Å². The number of ether oxygens (including phenoxy) is 1. The standard InChI is InChI=1S/C20H24N2O3/c1-14(2)17-8-6-16(7-9-17)12-18(13-21)20(24)25-15(3)19(23)22-10-4-5-11-22/h6-9,12,14-15H,4-5,10-11H2,1-3H3/b18-12+/t15-/m1/s1. The SMILES string of the molecule is CC(C)c1ccc(/C=C(\C#N)C(=O)O[C@H](C)C(=O)N2CCCC2)cc1. The van der Waals surface area contributed by atoms with Crippen LogP contribution in [0.15, 0.2) is 29.8 Å². The van der Waals surface area contributed by atoms with Crippen molar-refractivity contribution < 1.29 is 14.3 Å². The molecule has 1 amide bonds. The van der Waals surface area contributed by atoms with Gasteiger partial charge in [0.1, 0.15) is 11.6 Å². The molecule has 1 fully saturated rings. The second-order valence-electron chi connectivity index (χ2n) is 6.57. The van der Waals surface area contributed by atoms with Gasteiger partial charge in [0, 0.05) is 13.1 Å². The second-order valence-corrected chi connectivity index (χ2v) is 6.57. The fourth-order valence-electron chi connectivity index (χ4n) is 2.75. The van der Waals surface area contributed by atoms with Crippen LogP contribution in [0, 0.1) is 11.3 Å². The van der Waals surface area contributed by atoms with Crippen LogP contribution in [0.25, 0.3) is 6.08 Å². The number of carbonyl (C=O) groups excluding carboxylic acids is 2. The van der Waals surface area contributed by atoms with Crippen molar-refractivity contribution in [1.82, 2.24) is 4.90 Å². The van der Waals surface area contributed by atoms with Gasteiger partial charge in [0.25, 0.3) is 5.91 Å². The molecule has 0 radical (unpaired) electrons. The highest BCUT2D eigenvalue weighted by molar-refractivity contribution is 5.99. The molecule has 5 heteroatoms. The van der Waals surface area contributed by atoms with Crippen LogP contribution in [0.4, 0.5) is 0 Å². The predicted octanol–water partition coefficient (Wildman–Crippen LogP) is 3.27. The van der Waals surface area contributed by atoms with Gasteiger partial charge in [-0.3, -0.25) is 4.79 Å². The van der Waals surface area contributed by atoms with Crippen molar-refractivity contribution in [2.24, 2.45) is 0 Å². The Morgan fingerprint density at radius 2 is 1.76 bits per heavy atom. The van der Waals surface area contributed by atoms with Crippen molar-refractivity contribution >= 4 is 18.0 Å². The van der Waals surface area contributed by atoms with E-state index < -0.39 is 12.1 Å². The minimum Gasteiger partial charge on any atom is -0.448 e. The summed E-state index contributed by atoms with van der Waals surface area (Å²) in [7, 11) is 0. The summed E-state index contributed by atoms with van der Waals surface area (Å²) in [5.74, 6) is -0.559. The summed E-state index contributed by atoms with van der Waals surface area (Å²) < 4.78 is 5.19. The highest BCUT2D eigenvalue weighted by Crippen LogP contribution is 2.17. The largest absolute Gasteiger partial charge is 0.448 e. The molecule has 1 aliphatic rings. The Balaban J connectivity index is 2.04. The minimum atomic E-state index is -0.884. The van der Waals surface area contributed by atoms with Gasteiger partial charge in [-0.25, -0.2) is 4.79 Å². The molecule has 0 aromatic heterocycles. The number of hydrogen-bond donors (Lipinski definition) is 0. The summed E-state index contributed by atoms with van der Waals surface area (Å²) in [5.41, 5.74) is 1.82. The third-order valence-corrected chi connectivity index (χ3v) is 4.30. The number of carbonyl (C=O) groups is 2. The van der Waals surface area contributed by atoms with E-state index in [-0.39, 0.29) is 11.5 Å². The van der Waals surface area contributed by atoms with Gasteiger partial charge >= 0.3 is 5.97 Å². The summed E-state index contributed by atoms with van der Waals surface area (Å²) in [6, 6.07) is 9.52. The Labute approximate surface area is 148 Å². The number of amides is 1. The average Bonchev–Trinajstić information content (AvgIpc) is 3.13. The lowest BCUT2D eigenvalue weighted by Gasteiger charge is -2.20. The van der Waals surface area contributed by atoms with Crippen molar-refractivity contribution in [3.63, 3.8) is 0 Å². The van der Waals surface area contributed by atoms with Crippen molar-refractivity contribution in [2.45, 2.75) is 45.6 Å². The summed E-state index contributed by atoms with van der Waals surface area (Å²) in [5, 5.41) is 9.25. The summed E-state index contributed by atoms with van der Waals surface area (Å²) in [4.78, 5) is 26.1. The third-order valence-electron chi connectivity index (χ3n) is 4.30. The lowest BCUT2D eigenvalue weighted by molar-refractivity contribution is -0.155. The maximum Gasteiger partial charge on any atom is 0.349 e. The van der Waals surface area contributed by atoms with Gasteiger partial charge in [-0.05, 0) is 42.9 Å². The molecule has 1 aromatic rings. The lowest BCUT2D eigenvalue weighted by Crippen LogP contribution is -2.38. The molecule has 2 rings (SSSR count). The molecule has 0 bridgehead atoms. The van der Waals surface area contributed by atoms with E-state index in [4.69, 9.17) is 4.74 Å². The zero-order chi connectivity index (χ0) is 18.4. The number of likely N-dealkylation sites (tertiary alicyclic amines) is 1. The van der Waals surface area contributed by atoms with Gasteiger partial charge in [0.2, 0.25) is 0 Å². The average molecular weight is 340 g/mol. The molecule has 0 unspecified atom stereocenters. The maximum absolute atomic E-state index is 12.2. The van der Waals surface area contributed by atoms with Crippen molar-refractivity contribution in [1.29, 1.82) is 5.26 Å². The molecule has 1 aromatic carbocycles. The molecule has 1 atom stereocenters. The van der Waals surface area contributed by atoms with Crippen LogP contribution in [0.1, 0.15) is 50.7 Å².